The third-order valence-corrected chi connectivity index (χ3v) is 5.29. The Hall–Kier alpha value is -2.73. The van der Waals surface area contributed by atoms with Gasteiger partial charge in [-0.1, -0.05) is 6.07 Å². The molecular formula is C21H22N4OS. The molecule has 1 aliphatic rings. The Morgan fingerprint density at radius 1 is 1.19 bits per heavy atom. The number of nitrogens with zero attached hydrogens (tertiary/aromatic N) is 2. The number of pyridine rings is 2. The molecular weight excluding hydrogens is 356 g/mol. The molecule has 0 saturated heterocycles. The quantitative estimate of drug-likeness (QED) is 0.622. The van der Waals surface area contributed by atoms with Crippen LogP contribution < -0.4 is 10.6 Å². The largest absolute Gasteiger partial charge is 0.369 e. The summed E-state index contributed by atoms with van der Waals surface area (Å²) in [7, 11) is 0. The van der Waals surface area contributed by atoms with Crippen molar-refractivity contribution >= 4 is 23.1 Å². The summed E-state index contributed by atoms with van der Waals surface area (Å²) in [6.45, 7) is 1.42. The Bertz CT molecular complexity index is 892. The van der Waals surface area contributed by atoms with Crippen LogP contribution in [0.3, 0.4) is 0 Å². The van der Waals surface area contributed by atoms with E-state index < -0.39 is 0 Å². The number of hydrogen-bond donors (Lipinski definition) is 2. The van der Waals surface area contributed by atoms with E-state index in [1.165, 1.54) is 12.8 Å². The van der Waals surface area contributed by atoms with Gasteiger partial charge in [0.15, 0.2) is 0 Å². The van der Waals surface area contributed by atoms with Crippen molar-refractivity contribution in [3.8, 4) is 11.3 Å². The first-order valence-corrected chi connectivity index (χ1v) is 10.2. The average Bonchev–Trinajstić information content (AvgIpc) is 3.37. The minimum Gasteiger partial charge on any atom is -0.369 e. The molecule has 5 nitrogen and oxygen atoms in total. The second-order valence-corrected chi connectivity index (χ2v) is 7.54. The number of thiophene rings is 1. The summed E-state index contributed by atoms with van der Waals surface area (Å²) < 4.78 is 0. The zero-order chi connectivity index (χ0) is 18.5. The van der Waals surface area contributed by atoms with Gasteiger partial charge in [0.2, 0.25) is 0 Å². The van der Waals surface area contributed by atoms with Gasteiger partial charge in [-0.3, -0.25) is 9.78 Å². The molecule has 0 atom stereocenters. The fourth-order valence-electron chi connectivity index (χ4n) is 2.86. The van der Waals surface area contributed by atoms with Crippen LogP contribution in [0.4, 0.5) is 5.82 Å². The number of carbonyl (C=O) groups excluding carboxylic acids is 1. The van der Waals surface area contributed by atoms with Gasteiger partial charge in [-0.05, 0) is 54.5 Å². The van der Waals surface area contributed by atoms with Gasteiger partial charge in [0.1, 0.15) is 5.82 Å². The maximum Gasteiger partial charge on any atom is 0.255 e. The fraction of sp³-hybridized carbons (Fsp3) is 0.286. The third kappa shape index (κ3) is 4.71. The lowest BCUT2D eigenvalue weighted by atomic mass is 10.1. The third-order valence-electron chi connectivity index (χ3n) is 4.60. The first-order chi connectivity index (χ1) is 13.3. The molecule has 3 aromatic heterocycles. The van der Waals surface area contributed by atoms with E-state index in [0.717, 1.165) is 23.5 Å². The molecule has 0 aromatic carbocycles. The molecule has 2 N–H and O–H groups in total. The van der Waals surface area contributed by atoms with Crippen LogP contribution in [0.15, 0.2) is 53.4 Å². The molecule has 1 aliphatic carbocycles. The highest BCUT2D eigenvalue weighted by molar-refractivity contribution is 7.08. The predicted octanol–water partition coefficient (Wildman–Crippen LogP) is 4.00. The molecule has 27 heavy (non-hydrogen) atoms. The summed E-state index contributed by atoms with van der Waals surface area (Å²) >= 11 is 1.64. The zero-order valence-corrected chi connectivity index (χ0v) is 15.8. The van der Waals surface area contributed by atoms with Crippen LogP contribution in [0.1, 0.15) is 28.9 Å². The number of anilines is 1. The van der Waals surface area contributed by atoms with Gasteiger partial charge in [-0.2, -0.15) is 11.3 Å². The van der Waals surface area contributed by atoms with Crippen molar-refractivity contribution in [2.45, 2.75) is 19.3 Å². The molecule has 1 fully saturated rings. The molecule has 3 heterocycles. The molecule has 138 valence electrons. The van der Waals surface area contributed by atoms with E-state index >= 15 is 0 Å². The van der Waals surface area contributed by atoms with Crippen LogP contribution in [0, 0.1) is 5.92 Å². The highest BCUT2D eigenvalue weighted by atomic mass is 32.1. The number of nitrogens with one attached hydrogen (secondary N) is 2. The molecule has 0 radical (unpaired) electrons. The van der Waals surface area contributed by atoms with E-state index in [1.807, 2.05) is 41.8 Å². The van der Waals surface area contributed by atoms with E-state index in [1.54, 1.807) is 17.5 Å². The van der Waals surface area contributed by atoms with Crippen LogP contribution in [0.25, 0.3) is 11.3 Å². The van der Waals surface area contributed by atoms with Crippen LogP contribution in [0.5, 0.6) is 0 Å². The summed E-state index contributed by atoms with van der Waals surface area (Å²) in [5.41, 5.74) is 3.53. The molecule has 6 heteroatoms. The first-order valence-electron chi connectivity index (χ1n) is 9.25. The lowest BCUT2D eigenvalue weighted by Crippen LogP contribution is -2.27. The van der Waals surface area contributed by atoms with Crippen molar-refractivity contribution in [1.29, 1.82) is 0 Å². The van der Waals surface area contributed by atoms with Crippen LogP contribution in [0.2, 0.25) is 0 Å². The molecule has 3 aromatic rings. The van der Waals surface area contributed by atoms with Gasteiger partial charge in [0.25, 0.3) is 5.91 Å². The van der Waals surface area contributed by atoms with E-state index in [0.29, 0.717) is 30.3 Å². The van der Waals surface area contributed by atoms with Crippen molar-refractivity contribution in [3.63, 3.8) is 0 Å². The van der Waals surface area contributed by atoms with Crippen LogP contribution in [-0.2, 0) is 6.42 Å². The monoisotopic (exact) mass is 378 g/mol. The normalized spacial score (nSPS) is 13.3. The number of hydrogen-bond acceptors (Lipinski definition) is 5. The molecule has 0 aliphatic heterocycles. The van der Waals surface area contributed by atoms with Crippen molar-refractivity contribution in [3.05, 3.63) is 64.6 Å². The van der Waals surface area contributed by atoms with Crippen molar-refractivity contribution in [1.82, 2.24) is 15.3 Å². The zero-order valence-electron chi connectivity index (χ0n) is 15.0. The lowest BCUT2D eigenvalue weighted by Gasteiger charge is -2.13. The second kappa shape index (κ2) is 8.31. The lowest BCUT2D eigenvalue weighted by molar-refractivity contribution is 0.0954. The van der Waals surface area contributed by atoms with Gasteiger partial charge < -0.3 is 10.6 Å². The molecule has 4 rings (SSSR count). The topological polar surface area (TPSA) is 66.9 Å². The molecule has 0 unspecified atom stereocenters. The van der Waals surface area contributed by atoms with E-state index in [2.05, 4.69) is 21.0 Å². The summed E-state index contributed by atoms with van der Waals surface area (Å²) in [4.78, 5) is 21.7. The smallest absolute Gasteiger partial charge is 0.255 e. The Morgan fingerprint density at radius 2 is 2.11 bits per heavy atom. The van der Waals surface area contributed by atoms with Gasteiger partial charge in [0.05, 0.1) is 11.3 Å². The fourth-order valence-corrected chi connectivity index (χ4v) is 3.51. The summed E-state index contributed by atoms with van der Waals surface area (Å²) in [6.07, 6.45) is 4.98. The number of rotatable bonds is 8. The van der Waals surface area contributed by atoms with E-state index in [4.69, 9.17) is 4.98 Å². The van der Waals surface area contributed by atoms with Crippen LogP contribution in [-0.4, -0.2) is 29.0 Å². The SMILES string of the molecule is O=C(NCCc1ccccn1)c1ccc(-c2ccsc2)nc1NCC1CC1. The Kier molecular flexibility index (Phi) is 5.44. The highest BCUT2D eigenvalue weighted by Crippen LogP contribution is 2.30. The maximum absolute atomic E-state index is 12.7. The Morgan fingerprint density at radius 3 is 2.85 bits per heavy atom. The summed E-state index contributed by atoms with van der Waals surface area (Å²) in [5.74, 6) is 1.27. The highest BCUT2D eigenvalue weighted by Gasteiger charge is 2.22. The van der Waals surface area contributed by atoms with E-state index in [9.17, 15) is 4.79 Å². The number of amides is 1. The second-order valence-electron chi connectivity index (χ2n) is 6.76. The van der Waals surface area contributed by atoms with Gasteiger partial charge in [0, 0.05) is 42.3 Å². The summed E-state index contributed by atoms with van der Waals surface area (Å²) in [6, 6.07) is 11.6. The van der Waals surface area contributed by atoms with Gasteiger partial charge >= 0.3 is 0 Å². The van der Waals surface area contributed by atoms with Crippen molar-refractivity contribution in [2.75, 3.05) is 18.4 Å². The molecule has 0 spiro atoms. The molecule has 1 saturated carbocycles. The van der Waals surface area contributed by atoms with Crippen molar-refractivity contribution in [2.24, 2.45) is 5.92 Å². The predicted molar refractivity (Wildman–Crippen MR) is 109 cm³/mol. The van der Waals surface area contributed by atoms with Crippen molar-refractivity contribution < 1.29 is 4.79 Å². The minimum atomic E-state index is -0.103. The Balaban J connectivity index is 1.46. The number of aromatic nitrogens is 2. The molecule has 0 bridgehead atoms. The standard InChI is InChI=1S/C21H22N4OS/c26-21(23-11-8-17-3-1-2-10-22-17)18-6-7-19(16-9-12-27-14-16)25-20(18)24-13-15-4-5-15/h1-3,6-7,9-10,12,14-15H,4-5,8,11,13H2,(H,23,26)(H,24,25). The van der Waals surface area contributed by atoms with Gasteiger partial charge in [-0.15, -0.1) is 0 Å². The average molecular weight is 379 g/mol. The molecule has 1 amide bonds. The Labute approximate surface area is 162 Å². The minimum absolute atomic E-state index is 0.103. The van der Waals surface area contributed by atoms with Crippen LogP contribution >= 0.6 is 11.3 Å². The van der Waals surface area contributed by atoms with Gasteiger partial charge in [-0.25, -0.2) is 4.98 Å². The first kappa shape index (κ1) is 17.7. The number of carbonyl (C=O) groups is 1. The summed E-state index contributed by atoms with van der Waals surface area (Å²) in [5, 5.41) is 10.5. The van der Waals surface area contributed by atoms with E-state index in [-0.39, 0.29) is 5.91 Å². The maximum atomic E-state index is 12.7.